The first-order valence-corrected chi connectivity index (χ1v) is 6.81. The third-order valence-corrected chi connectivity index (χ3v) is 4.79. The summed E-state index contributed by atoms with van der Waals surface area (Å²) >= 11 is 0. The Hall–Kier alpha value is -0.170. The van der Waals surface area contributed by atoms with Crippen LogP contribution >= 0.6 is 0 Å². The minimum Gasteiger partial charge on any atom is -0.381 e. The van der Waals surface area contributed by atoms with Gasteiger partial charge in [-0.1, -0.05) is 0 Å². The molecule has 0 amide bonds. The molecule has 1 rings (SSSR count). The standard InChI is InChI=1S/C9H20N2O3S/c1-8-6-10-4-5-11(8)15(12,13)7-9(2)14-3/h8-10H,4-7H2,1-3H3/t8-,9?/m1/s1. The first kappa shape index (κ1) is 12.9. The predicted molar refractivity (Wildman–Crippen MR) is 59.3 cm³/mol. The Balaban J connectivity index is 2.67. The Bertz CT molecular complexity index is 292. The number of nitrogens with zero attached hydrogens (tertiary/aromatic N) is 1. The van der Waals surface area contributed by atoms with Gasteiger partial charge in [-0.2, -0.15) is 4.31 Å². The molecular weight excluding hydrogens is 216 g/mol. The van der Waals surface area contributed by atoms with Crippen molar-refractivity contribution in [3.63, 3.8) is 0 Å². The molecule has 1 unspecified atom stereocenters. The minimum atomic E-state index is -3.18. The van der Waals surface area contributed by atoms with E-state index >= 15 is 0 Å². The van der Waals surface area contributed by atoms with Crippen LogP contribution in [0.15, 0.2) is 0 Å². The summed E-state index contributed by atoms with van der Waals surface area (Å²) < 4.78 is 30.5. The fourth-order valence-electron chi connectivity index (χ4n) is 1.70. The van der Waals surface area contributed by atoms with Crippen molar-refractivity contribution in [3.05, 3.63) is 0 Å². The molecule has 15 heavy (non-hydrogen) atoms. The second kappa shape index (κ2) is 5.25. The molecule has 1 aliphatic rings. The Labute approximate surface area is 91.8 Å². The van der Waals surface area contributed by atoms with Gasteiger partial charge in [0.15, 0.2) is 0 Å². The molecule has 90 valence electrons. The van der Waals surface area contributed by atoms with E-state index in [1.54, 1.807) is 11.2 Å². The maximum absolute atomic E-state index is 12.0. The lowest BCUT2D eigenvalue weighted by Gasteiger charge is -2.33. The van der Waals surface area contributed by atoms with Gasteiger partial charge in [-0.05, 0) is 13.8 Å². The first-order valence-electron chi connectivity index (χ1n) is 5.20. The lowest BCUT2D eigenvalue weighted by atomic mass is 10.3. The molecule has 1 N–H and O–H groups in total. The quantitative estimate of drug-likeness (QED) is 0.724. The van der Waals surface area contributed by atoms with Gasteiger partial charge >= 0.3 is 0 Å². The average Bonchev–Trinajstić information content (AvgIpc) is 2.17. The molecule has 2 atom stereocenters. The lowest BCUT2D eigenvalue weighted by Crippen LogP contribution is -2.53. The van der Waals surface area contributed by atoms with Gasteiger partial charge < -0.3 is 10.1 Å². The average molecular weight is 236 g/mol. The molecule has 1 saturated heterocycles. The van der Waals surface area contributed by atoms with Crippen LogP contribution in [0.2, 0.25) is 0 Å². The van der Waals surface area contributed by atoms with E-state index < -0.39 is 10.0 Å². The molecular formula is C9H20N2O3S. The fraction of sp³-hybridized carbons (Fsp3) is 1.00. The van der Waals surface area contributed by atoms with Gasteiger partial charge in [0.05, 0.1) is 11.9 Å². The summed E-state index contributed by atoms with van der Waals surface area (Å²) in [7, 11) is -1.65. The number of hydrogen-bond acceptors (Lipinski definition) is 4. The van der Waals surface area contributed by atoms with Gasteiger partial charge in [-0.3, -0.25) is 0 Å². The van der Waals surface area contributed by atoms with Crippen LogP contribution < -0.4 is 5.32 Å². The second-order valence-corrected chi connectivity index (χ2v) is 5.95. The minimum absolute atomic E-state index is 0.0350. The Morgan fingerprint density at radius 2 is 2.27 bits per heavy atom. The van der Waals surface area contributed by atoms with Crippen LogP contribution in [0.4, 0.5) is 0 Å². The van der Waals surface area contributed by atoms with Crippen molar-refractivity contribution in [1.82, 2.24) is 9.62 Å². The summed E-state index contributed by atoms with van der Waals surface area (Å²) in [4.78, 5) is 0. The Morgan fingerprint density at radius 3 is 2.80 bits per heavy atom. The predicted octanol–water partition coefficient (Wildman–Crippen LogP) is -0.355. The number of piperazine rings is 1. The van der Waals surface area contributed by atoms with E-state index in [0.29, 0.717) is 6.54 Å². The van der Waals surface area contributed by atoms with E-state index in [4.69, 9.17) is 4.74 Å². The van der Waals surface area contributed by atoms with Crippen LogP contribution in [0.3, 0.4) is 0 Å². The van der Waals surface area contributed by atoms with Crippen LogP contribution in [0.5, 0.6) is 0 Å². The number of hydrogen-bond donors (Lipinski definition) is 1. The van der Waals surface area contributed by atoms with Gasteiger partial charge in [0.25, 0.3) is 0 Å². The molecule has 0 aromatic rings. The van der Waals surface area contributed by atoms with E-state index in [2.05, 4.69) is 5.32 Å². The number of ether oxygens (including phenoxy) is 1. The van der Waals surface area contributed by atoms with Crippen LogP contribution in [0.1, 0.15) is 13.8 Å². The first-order chi connectivity index (χ1) is 6.97. The van der Waals surface area contributed by atoms with Crippen LogP contribution in [-0.4, -0.2) is 57.4 Å². The zero-order valence-corrected chi connectivity index (χ0v) is 10.4. The molecule has 0 saturated carbocycles. The van der Waals surface area contributed by atoms with Gasteiger partial charge in [-0.25, -0.2) is 8.42 Å². The summed E-state index contributed by atoms with van der Waals surface area (Å²) in [5.74, 6) is 0.0633. The van der Waals surface area contributed by atoms with Crippen LogP contribution in [-0.2, 0) is 14.8 Å². The molecule has 0 aliphatic carbocycles. The number of sulfonamides is 1. The molecule has 0 bridgehead atoms. The second-order valence-electron chi connectivity index (χ2n) is 3.99. The Morgan fingerprint density at radius 1 is 1.60 bits per heavy atom. The maximum atomic E-state index is 12.0. The normalized spacial score (nSPS) is 26.5. The largest absolute Gasteiger partial charge is 0.381 e. The summed E-state index contributed by atoms with van der Waals surface area (Å²) in [6.07, 6.45) is -0.253. The van der Waals surface area contributed by atoms with Crippen molar-refractivity contribution in [2.75, 3.05) is 32.5 Å². The highest BCUT2D eigenvalue weighted by Crippen LogP contribution is 2.11. The highest BCUT2D eigenvalue weighted by Gasteiger charge is 2.30. The molecule has 6 heteroatoms. The molecule has 5 nitrogen and oxygen atoms in total. The zero-order valence-electron chi connectivity index (χ0n) is 9.56. The van der Waals surface area contributed by atoms with Gasteiger partial charge in [0.2, 0.25) is 10.0 Å². The molecule has 0 radical (unpaired) electrons. The third kappa shape index (κ3) is 3.41. The summed E-state index contributed by atoms with van der Waals surface area (Å²) in [5.41, 5.74) is 0. The van der Waals surface area contributed by atoms with Crippen molar-refractivity contribution in [2.24, 2.45) is 0 Å². The third-order valence-electron chi connectivity index (χ3n) is 2.65. The van der Waals surface area contributed by atoms with Crippen molar-refractivity contribution >= 4 is 10.0 Å². The summed E-state index contributed by atoms with van der Waals surface area (Å²) in [6, 6.07) is 0.0350. The maximum Gasteiger partial charge on any atom is 0.216 e. The van der Waals surface area contributed by atoms with E-state index in [-0.39, 0.29) is 17.9 Å². The van der Waals surface area contributed by atoms with Gasteiger partial charge in [0, 0.05) is 32.8 Å². The van der Waals surface area contributed by atoms with E-state index in [0.717, 1.165) is 13.1 Å². The lowest BCUT2D eigenvalue weighted by molar-refractivity contribution is 0.134. The fourth-order valence-corrected chi connectivity index (χ4v) is 3.61. The van der Waals surface area contributed by atoms with Crippen molar-refractivity contribution in [3.8, 4) is 0 Å². The molecule has 1 aliphatic heterocycles. The van der Waals surface area contributed by atoms with E-state index in [9.17, 15) is 8.42 Å². The van der Waals surface area contributed by atoms with Crippen molar-refractivity contribution in [1.29, 1.82) is 0 Å². The zero-order chi connectivity index (χ0) is 11.5. The molecule has 0 aromatic heterocycles. The van der Waals surface area contributed by atoms with Crippen molar-refractivity contribution in [2.45, 2.75) is 26.0 Å². The number of rotatable bonds is 4. The van der Waals surface area contributed by atoms with Gasteiger partial charge in [0.1, 0.15) is 0 Å². The molecule has 0 spiro atoms. The SMILES string of the molecule is COC(C)CS(=O)(=O)N1CCNC[C@H]1C. The Kier molecular flexibility index (Phi) is 4.51. The molecule has 0 aromatic carbocycles. The molecule has 1 fully saturated rings. The van der Waals surface area contributed by atoms with E-state index in [1.807, 2.05) is 6.92 Å². The number of methoxy groups -OCH3 is 1. The van der Waals surface area contributed by atoms with Gasteiger partial charge in [-0.15, -0.1) is 0 Å². The summed E-state index contributed by atoms with van der Waals surface area (Å²) in [6.45, 7) is 5.69. The smallest absolute Gasteiger partial charge is 0.216 e. The highest BCUT2D eigenvalue weighted by atomic mass is 32.2. The topological polar surface area (TPSA) is 58.6 Å². The number of nitrogens with one attached hydrogen (secondary N) is 1. The monoisotopic (exact) mass is 236 g/mol. The van der Waals surface area contributed by atoms with Crippen LogP contribution in [0, 0.1) is 0 Å². The summed E-state index contributed by atoms with van der Waals surface area (Å²) in [5, 5.41) is 3.17. The highest BCUT2D eigenvalue weighted by molar-refractivity contribution is 7.89. The van der Waals surface area contributed by atoms with E-state index in [1.165, 1.54) is 7.11 Å². The van der Waals surface area contributed by atoms with Crippen LogP contribution in [0.25, 0.3) is 0 Å². The molecule has 1 heterocycles. The van der Waals surface area contributed by atoms with Crippen molar-refractivity contribution < 1.29 is 13.2 Å².